The summed E-state index contributed by atoms with van der Waals surface area (Å²) in [5.41, 5.74) is 10.6. The normalized spacial score (nSPS) is 13.1. The summed E-state index contributed by atoms with van der Waals surface area (Å²) < 4.78 is 19.7. The van der Waals surface area contributed by atoms with Gasteiger partial charge in [0.2, 0.25) is 0 Å². The minimum atomic E-state index is 0.330. The molecule has 1 aliphatic rings. The van der Waals surface area contributed by atoms with Crippen LogP contribution < -0.4 is 0 Å². The van der Waals surface area contributed by atoms with Gasteiger partial charge in [-0.3, -0.25) is 9.97 Å². The Morgan fingerprint density at radius 3 is 1.38 bits per heavy atom. The maximum Gasteiger partial charge on any atom is 0.132 e. The monoisotopic (exact) mass is 1060 g/mol. The van der Waals surface area contributed by atoms with Crippen LogP contribution in [0.1, 0.15) is 138 Å². The van der Waals surface area contributed by atoms with Gasteiger partial charge in [-0.05, 0) is 110 Å². The number of aryl methyl sites for hydroxylation is 2. The van der Waals surface area contributed by atoms with E-state index < -0.39 is 0 Å². The summed E-state index contributed by atoms with van der Waals surface area (Å²) in [4.78, 5) is 26.1. The van der Waals surface area contributed by atoms with E-state index in [2.05, 4.69) is 101 Å². The van der Waals surface area contributed by atoms with Crippen LogP contribution in [0.4, 0.5) is 0 Å². The zero-order valence-corrected chi connectivity index (χ0v) is 46.2. The van der Waals surface area contributed by atoms with E-state index in [0.717, 1.165) is 60.8 Å². The lowest BCUT2D eigenvalue weighted by molar-refractivity contribution is 0.405. The zero-order valence-electron chi connectivity index (χ0n) is 39.6. The molecular weight excluding hydrogens is 1000 g/mol. The lowest BCUT2D eigenvalue weighted by Gasteiger charge is -2.20. The van der Waals surface area contributed by atoms with Gasteiger partial charge in [0.1, 0.15) is 33.5 Å². The quantitative estimate of drug-likeness (QED) is 0.0630. The summed E-state index contributed by atoms with van der Waals surface area (Å²) in [6.45, 7) is 9.24. The van der Waals surface area contributed by atoms with Crippen molar-refractivity contribution in [2.75, 3.05) is 0 Å². The molecule has 6 nitrogen and oxygen atoms in total. The molecule has 0 amide bonds. The van der Waals surface area contributed by atoms with Crippen LogP contribution in [0, 0.1) is 5.92 Å². The fourth-order valence-corrected chi connectivity index (χ4v) is 17.9. The number of hydrogen-bond acceptors (Lipinski definition) is 14. The average Bonchev–Trinajstić information content (AvgIpc) is 4.22. The van der Waals surface area contributed by atoms with Crippen molar-refractivity contribution in [1.82, 2.24) is 27.5 Å². The third-order valence-electron chi connectivity index (χ3n) is 13.7. The highest BCUT2D eigenvalue weighted by Crippen LogP contribution is 2.58. The standard InChI is InChI=1S/C55H56N6S8/c1-5-9-12-14-17-33-19-21-40(62-33)42-23-25-44(64-42)50-52-48(58-68-60-52)38(30-56-50)46-28-36-35(27-32(8-4)16-11-7-3)37-29-47(67-55(37)54(36)66-46)39-31-57-51(53-49(39)59-69-61-53)45-26-24-43(65-45)41-22-20-34(63-41)18-15-13-10-6-2/h19-26,28-32,35H,5-18,27H2,1-4H3. The molecule has 1 unspecified atom stereocenters. The van der Waals surface area contributed by atoms with Crippen LogP contribution in [0.3, 0.4) is 0 Å². The lowest BCUT2D eigenvalue weighted by Crippen LogP contribution is -2.06. The molecule has 10 aromatic rings. The molecule has 1 atom stereocenters. The lowest BCUT2D eigenvalue weighted by atomic mass is 9.84. The number of thiophene rings is 6. The Kier molecular flexibility index (Phi) is 14.8. The van der Waals surface area contributed by atoms with Crippen molar-refractivity contribution < 1.29 is 0 Å². The Morgan fingerprint density at radius 2 is 0.899 bits per heavy atom. The van der Waals surface area contributed by atoms with Gasteiger partial charge in [-0.1, -0.05) is 91.9 Å². The Morgan fingerprint density at radius 1 is 0.449 bits per heavy atom. The van der Waals surface area contributed by atoms with Gasteiger partial charge < -0.3 is 0 Å². The third-order valence-corrected chi connectivity index (χ3v) is 22.2. The number of fused-ring (bicyclic) bond motifs is 5. The predicted molar refractivity (Wildman–Crippen MR) is 305 cm³/mol. The van der Waals surface area contributed by atoms with E-state index in [1.807, 2.05) is 68.0 Å². The molecule has 0 fully saturated rings. The first-order valence-corrected chi connectivity index (χ1v) is 31.3. The second-order valence-corrected chi connectivity index (χ2v) is 26.1. The minimum Gasteiger partial charge on any atom is -0.252 e. The molecular formula is C55H56N6S8. The molecule has 14 heteroatoms. The second-order valence-electron chi connectivity index (χ2n) is 18.4. The van der Waals surface area contributed by atoms with Crippen molar-refractivity contribution in [1.29, 1.82) is 0 Å². The topological polar surface area (TPSA) is 77.3 Å². The molecule has 0 radical (unpaired) electrons. The smallest absolute Gasteiger partial charge is 0.132 e. The highest BCUT2D eigenvalue weighted by Gasteiger charge is 2.36. The first-order valence-electron chi connectivity index (χ1n) is 24.9. The number of aromatic nitrogens is 6. The van der Waals surface area contributed by atoms with E-state index in [0.29, 0.717) is 11.8 Å². The van der Waals surface area contributed by atoms with Crippen molar-refractivity contribution in [3.05, 3.63) is 93.9 Å². The highest BCUT2D eigenvalue weighted by atomic mass is 32.1. The van der Waals surface area contributed by atoms with Gasteiger partial charge in [0.05, 0.1) is 33.2 Å². The largest absolute Gasteiger partial charge is 0.252 e. The zero-order chi connectivity index (χ0) is 46.8. The van der Waals surface area contributed by atoms with E-state index in [4.69, 9.17) is 27.5 Å². The Labute approximate surface area is 438 Å². The summed E-state index contributed by atoms with van der Waals surface area (Å²) >= 11 is 13.9. The molecule has 10 heterocycles. The molecule has 0 saturated carbocycles. The van der Waals surface area contributed by atoms with E-state index in [-0.39, 0.29) is 0 Å². The van der Waals surface area contributed by atoms with Crippen LogP contribution in [0.15, 0.2) is 73.1 Å². The molecule has 10 aromatic heterocycles. The maximum atomic E-state index is 5.18. The van der Waals surface area contributed by atoms with E-state index in [1.54, 1.807) is 0 Å². The molecule has 0 spiro atoms. The number of pyridine rings is 2. The van der Waals surface area contributed by atoms with Crippen LogP contribution in [0.2, 0.25) is 0 Å². The van der Waals surface area contributed by atoms with Gasteiger partial charge in [0.15, 0.2) is 0 Å². The summed E-state index contributed by atoms with van der Waals surface area (Å²) in [5.74, 6) is 0.993. The third kappa shape index (κ3) is 9.66. The molecule has 1 aliphatic carbocycles. The molecule has 69 heavy (non-hydrogen) atoms. The van der Waals surface area contributed by atoms with Crippen molar-refractivity contribution in [3.63, 3.8) is 0 Å². The minimum absolute atomic E-state index is 0.330. The molecule has 0 N–H and O–H groups in total. The van der Waals surface area contributed by atoms with Gasteiger partial charge in [0, 0.05) is 78.2 Å². The molecule has 354 valence electrons. The first-order chi connectivity index (χ1) is 34.0. The fraction of sp³-hybridized carbons (Fsp3) is 0.382. The number of nitrogens with zero attached hydrogens (tertiary/aromatic N) is 6. The second kappa shape index (κ2) is 21.5. The van der Waals surface area contributed by atoms with E-state index >= 15 is 0 Å². The molecule has 0 saturated heterocycles. The van der Waals surface area contributed by atoms with Crippen molar-refractivity contribution >= 4 is 114 Å². The van der Waals surface area contributed by atoms with Gasteiger partial charge in [-0.2, -0.15) is 17.5 Å². The summed E-state index contributed by atoms with van der Waals surface area (Å²) in [5, 5.41) is 0. The van der Waals surface area contributed by atoms with Crippen LogP contribution in [0.25, 0.3) is 93.4 Å². The molecule has 0 aliphatic heterocycles. The Bertz CT molecular complexity index is 3120. The van der Waals surface area contributed by atoms with Crippen LogP contribution in [-0.2, 0) is 12.8 Å². The van der Waals surface area contributed by atoms with Gasteiger partial charge >= 0.3 is 0 Å². The van der Waals surface area contributed by atoms with Gasteiger partial charge in [-0.15, -0.1) is 68.0 Å². The Balaban J connectivity index is 0.892. The SMILES string of the molecule is CCCCCCc1ccc(-c2ccc(-c3ncc(-c4cc5c(s4)-c4sc(-c6cnc(-c7ccc(-c8ccc(CCCCCC)s8)s7)c7nsnc67)cc4C5CC(CC)CCCC)c4nsnc34)s2)s1. The van der Waals surface area contributed by atoms with E-state index in [9.17, 15) is 0 Å². The van der Waals surface area contributed by atoms with E-state index in [1.165, 1.54) is 173 Å². The van der Waals surface area contributed by atoms with Crippen LogP contribution >= 0.6 is 91.5 Å². The highest BCUT2D eigenvalue weighted by molar-refractivity contribution is 7.26. The molecule has 11 rings (SSSR count). The summed E-state index contributed by atoms with van der Waals surface area (Å²) in [6, 6.07) is 23.1. The summed E-state index contributed by atoms with van der Waals surface area (Å²) in [7, 11) is 0. The number of rotatable bonds is 22. The van der Waals surface area contributed by atoms with Crippen molar-refractivity contribution in [2.24, 2.45) is 5.92 Å². The fourth-order valence-electron chi connectivity index (χ4n) is 9.89. The van der Waals surface area contributed by atoms with Crippen molar-refractivity contribution in [3.8, 4) is 71.3 Å². The number of hydrogen-bond donors (Lipinski definition) is 0. The van der Waals surface area contributed by atoms with Crippen molar-refractivity contribution in [2.45, 2.75) is 130 Å². The maximum absolute atomic E-state index is 5.18. The van der Waals surface area contributed by atoms with Crippen LogP contribution in [-0.4, -0.2) is 27.5 Å². The predicted octanol–water partition coefficient (Wildman–Crippen LogP) is 19.8. The molecule has 0 bridgehead atoms. The number of unbranched alkanes of at least 4 members (excludes halogenated alkanes) is 7. The van der Waals surface area contributed by atoms with Gasteiger partial charge in [0.25, 0.3) is 0 Å². The Hall–Kier alpha value is -3.86. The van der Waals surface area contributed by atoms with Crippen LogP contribution in [0.5, 0.6) is 0 Å². The van der Waals surface area contributed by atoms with Gasteiger partial charge in [-0.25, -0.2) is 0 Å². The molecule has 0 aromatic carbocycles. The first kappa shape index (κ1) is 47.5. The average molecular weight is 1060 g/mol. The summed E-state index contributed by atoms with van der Waals surface area (Å²) in [6.07, 6.45) is 22.9.